The molecule has 1 aromatic carbocycles. The molecule has 0 aromatic heterocycles. The summed E-state index contributed by atoms with van der Waals surface area (Å²) in [7, 11) is 0. The maximum absolute atomic E-state index is 4.02. The molecule has 0 unspecified atom stereocenters. The molecule has 0 radical (unpaired) electrons. The molecule has 0 bridgehead atoms. The van der Waals surface area contributed by atoms with E-state index in [1.807, 2.05) is 0 Å². The number of rotatable bonds is 3. The Hall–Kier alpha value is -1.34. The van der Waals surface area contributed by atoms with Crippen molar-refractivity contribution in [3.8, 4) is 0 Å². The Balaban J connectivity index is 2.25. The average molecular weight is 227 g/mol. The average Bonchev–Trinajstić information content (AvgIpc) is 2.29. The van der Waals surface area contributed by atoms with Crippen molar-refractivity contribution in [3.63, 3.8) is 0 Å². The monoisotopic (exact) mass is 227 g/mol. The minimum atomic E-state index is 0.468. The maximum Gasteiger partial charge on any atom is 0.0363 e. The highest BCUT2D eigenvalue weighted by atomic mass is 14.9. The standard InChI is InChI=1S/C16H21N/c1-12(2)10-14-6-4-5-7-15(14)16-11-13(3)8-9-17-16/h4-8,16-17H,1,9-11H2,2-3H3/t16-/m0/s1. The fraction of sp³-hybridized carbons (Fsp3) is 0.375. The molecule has 0 fully saturated rings. The van der Waals surface area contributed by atoms with Gasteiger partial charge in [0, 0.05) is 12.6 Å². The van der Waals surface area contributed by atoms with E-state index >= 15 is 0 Å². The topological polar surface area (TPSA) is 12.0 Å². The van der Waals surface area contributed by atoms with E-state index in [0.717, 1.165) is 19.4 Å². The second kappa shape index (κ2) is 5.33. The van der Waals surface area contributed by atoms with Crippen LogP contribution in [0.5, 0.6) is 0 Å². The van der Waals surface area contributed by atoms with Crippen molar-refractivity contribution in [1.29, 1.82) is 0 Å². The lowest BCUT2D eigenvalue weighted by Crippen LogP contribution is -2.26. The van der Waals surface area contributed by atoms with Gasteiger partial charge < -0.3 is 5.32 Å². The van der Waals surface area contributed by atoms with Crippen LogP contribution in [0.1, 0.15) is 37.4 Å². The summed E-state index contributed by atoms with van der Waals surface area (Å²) in [5, 5.41) is 3.57. The highest BCUT2D eigenvalue weighted by Crippen LogP contribution is 2.27. The minimum absolute atomic E-state index is 0.468. The zero-order valence-corrected chi connectivity index (χ0v) is 10.8. The van der Waals surface area contributed by atoms with E-state index in [1.54, 1.807) is 0 Å². The zero-order valence-electron chi connectivity index (χ0n) is 10.8. The van der Waals surface area contributed by atoms with Crippen LogP contribution >= 0.6 is 0 Å². The SMILES string of the molecule is C=C(C)Cc1ccccc1[C@@H]1CC(C)=CCN1. The third kappa shape index (κ3) is 3.07. The molecular weight excluding hydrogens is 206 g/mol. The van der Waals surface area contributed by atoms with Gasteiger partial charge in [-0.1, -0.05) is 48.1 Å². The summed E-state index contributed by atoms with van der Waals surface area (Å²) < 4.78 is 0. The van der Waals surface area contributed by atoms with Crippen molar-refractivity contribution < 1.29 is 0 Å². The first-order valence-electron chi connectivity index (χ1n) is 6.28. The Morgan fingerprint density at radius 1 is 1.41 bits per heavy atom. The molecule has 1 aliphatic heterocycles. The molecule has 1 atom stereocenters. The van der Waals surface area contributed by atoms with Gasteiger partial charge >= 0.3 is 0 Å². The number of benzene rings is 1. The normalized spacial score (nSPS) is 19.9. The van der Waals surface area contributed by atoms with Gasteiger partial charge in [-0.15, -0.1) is 0 Å². The molecule has 0 spiro atoms. The Labute approximate surface area is 104 Å². The molecule has 1 aliphatic rings. The van der Waals surface area contributed by atoms with E-state index < -0.39 is 0 Å². The summed E-state index contributed by atoms with van der Waals surface area (Å²) in [6, 6.07) is 9.18. The number of hydrogen-bond acceptors (Lipinski definition) is 1. The zero-order chi connectivity index (χ0) is 12.3. The van der Waals surface area contributed by atoms with Crippen LogP contribution in [0, 0.1) is 0 Å². The van der Waals surface area contributed by atoms with Gasteiger partial charge in [0.2, 0.25) is 0 Å². The van der Waals surface area contributed by atoms with Crippen LogP contribution in [0.2, 0.25) is 0 Å². The molecule has 90 valence electrons. The molecule has 1 aromatic rings. The van der Waals surface area contributed by atoms with Crippen LogP contribution in [-0.4, -0.2) is 6.54 Å². The molecule has 17 heavy (non-hydrogen) atoms. The van der Waals surface area contributed by atoms with Crippen molar-refractivity contribution in [3.05, 3.63) is 59.2 Å². The number of nitrogens with one attached hydrogen (secondary N) is 1. The Bertz CT molecular complexity index is 443. The third-order valence-electron chi connectivity index (χ3n) is 3.26. The smallest absolute Gasteiger partial charge is 0.0363 e. The lowest BCUT2D eigenvalue weighted by atomic mass is 9.91. The number of allylic oxidation sites excluding steroid dienone is 1. The first kappa shape index (κ1) is 12.1. The van der Waals surface area contributed by atoms with Gasteiger partial charge in [0.15, 0.2) is 0 Å². The lowest BCUT2D eigenvalue weighted by molar-refractivity contribution is 0.534. The fourth-order valence-electron chi connectivity index (χ4n) is 2.43. The second-order valence-corrected chi connectivity index (χ2v) is 5.05. The molecule has 0 aliphatic carbocycles. The maximum atomic E-state index is 4.02. The Kier molecular flexibility index (Phi) is 3.80. The van der Waals surface area contributed by atoms with Crippen molar-refractivity contribution in [2.45, 2.75) is 32.7 Å². The summed E-state index contributed by atoms with van der Waals surface area (Å²) in [6.07, 6.45) is 4.38. The third-order valence-corrected chi connectivity index (χ3v) is 3.26. The largest absolute Gasteiger partial charge is 0.306 e. The van der Waals surface area contributed by atoms with E-state index in [2.05, 4.69) is 56.1 Å². The van der Waals surface area contributed by atoms with Gasteiger partial charge in [-0.25, -0.2) is 0 Å². The van der Waals surface area contributed by atoms with Crippen molar-refractivity contribution >= 4 is 0 Å². The van der Waals surface area contributed by atoms with Gasteiger partial charge in [-0.05, 0) is 37.8 Å². The molecule has 1 nitrogen and oxygen atoms in total. The summed E-state index contributed by atoms with van der Waals surface area (Å²) in [4.78, 5) is 0. The fourth-order valence-corrected chi connectivity index (χ4v) is 2.43. The van der Waals surface area contributed by atoms with Crippen molar-refractivity contribution in [2.75, 3.05) is 6.54 Å². The second-order valence-electron chi connectivity index (χ2n) is 5.05. The quantitative estimate of drug-likeness (QED) is 0.775. The van der Waals surface area contributed by atoms with Crippen LogP contribution in [0.25, 0.3) is 0 Å². The van der Waals surface area contributed by atoms with Crippen LogP contribution in [-0.2, 0) is 6.42 Å². The predicted octanol–water partition coefficient (Wildman–Crippen LogP) is 3.79. The van der Waals surface area contributed by atoms with E-state index in [-0.39, 0.29) is 0 Å². The highest BCUT2D eigenvalue weighted by molar-refractivity contribution is 5.34. The van der Waals surface area contributed by atoms with Crippen LogP contribution in [0.15, 0.2) is 48.1 Å². The molecule has 0 saturated heterocycles. The molecular formula is C16H21N. The number of hydrogen-bond donors (Lipinski definition) is 1. The molecule has 0 saturated carbocycles. The van der Waals surface area contributed by atoms with E-state index in [1.165, 1.54) is 22.3 Å². The van der Waals surface area contributed by atoms with Crippen molar-refractivity contribution in [1.82, 2.24) is 5.32 Å². The first-order chi connectivity index (χ1) is 8.16. The lowest BCUT2D eigenvalue weighted by Gasteiger charge is -2.25. The predicted molar refractivity (Wildman–Crippen MR) is 74.1 cm³/mol. The molecule has 2 rings (SSSR count). The van der Waals surface area contributed by atoms with Gasteiger partial charge in [0.25, 0.3) is 0 Å². The van der Waals surface area contributed by atoms with E-state index in [0.29, 0.717) is 6.04 Å². The summed E-state index contributed by atoms with van der Waals surface area (Å²) in [5.74, 6) is 0. The summed E-state index contributed by atoms with van der Waals surface area (Å²) >= 11 is 0. The summed E-state index contributed by atoms with van der Waals surface area (Å²) in [5.41, 5.74) is 5.55. The van der Waals surface area contributed by atoms with E-state index in [9.17, 15) is 0 Å². The Morgan fingerprint density at radius 2 is 2.18 bits per heavy atom. The minimum Gasteiger partial charge on any atom is -0.306 e. The van der Waals surface area contributed by atoms with Crippen LogP contribution in [0.3, 0.4) is 0 Å². The van der Waals surface area contributed by atoms with Gasteiger partial charge in [0.1, 0.15) is 0 Å². The van der Waals surface area contributed by atoms with Crippen molar-refractivity contribution in [2.24, 2.45) is 0 Å². The highest BCUT2D eigenvalue weighted by Gasteiger charge is 2.17. The van der Waals surface area contributed by atoms with Gasteiger partial charge in [-0.3, -0.25) is 0 Å². The molecule has 1 N–H and O–H groups in total. The summed E-state index contributed by atoms with van der Waals surface area (Å²) in [6.45, 7) is 9.31. The van der Waals surface area contributed by atoms with Crippen LogP contribution in [0.4, 0.5) is 0 Å². The van der Waals surface area contributed by atoms with Crippen LogP contribution < -0.4 is 5.32 Å². The first-order valence-corrected chi connectivity index (χ1v) is 6.28. The molecule has 1 heteroatoms. The molecule has 1 heterocycles. The van der Waals surface area contributed by atoms with Gasteiger partial charge in [0.05, 0.1) is 0 Å². The van der Waals surface area contributed by atoms with Gasteiger partial charge in [-0.2, -0.15) is 0 Å². The molecule has 0 amide bonds. The Morgan fingerprint density at radius 3 is 2.88 bits per heavy atom. The van der Waals surface area contributed by atoms with E-state index in [4.69, 9.17) is 0 Å².